The van der Waals surface area contributed by atoms with Crippen LogP contribution in [0.25, 0.3) is 0 Å². The number of carbonyl (C=O) groups is 1. The Kier molecular flexibility index (Phi) is 3.28. The van der Waals surface area contributed by atoms with Gasteiger partial charge in [0.15, 0.2) is 0 Å². The van der Waals surface area contributed by atoms with E-state index < -0.39 is 5.97 Å². The van der Waals surface area contributed by atoms with Gasteiger partial charge in [-0.1, -0.05) is 44.2 Å². The molecule has 14 heavy (non-hydrogen) atoms. The maximum absolute atomic E-state index is 10.7. The molecule has 0 spiro atoms. The van der Waals surface area contributed by atoms with Crippen LogP contribution in [0.15, 0.2) is 30.3 Å². The van der Waals surface area contributed by atoms with Crippen LogP contribution in [0.5, 0.6) is 0 Å². The summed E-state index contributed by atoms with van der Waals surface area (Å²) in [4.78, 5) is 10.7. The topological polar surface area (TPSA) is 37.3 Å². The first kappa shape index (κ1) is 10.8. The van der Waals surface area contributed by atoms with Crippen molar-refractivity contribution in [3.8, 4) is 0 Å². The number of rotatable bonds is 4. The van der Waals surface area contributed by atoms with E-state index >= 15 is 0 Å². The summed E-state index contributed by atoms with van der Waals surface area (Å²) in [5, 5.41) is 8.84. The predicted octanol–water partition coefficient (Wildman–Crippen LogP) is 2.83. The molecule has 76 valence electrons. The second-order valence-electron chi connectivity index (χ2n) is 3.85. The van der Waals surface area contributed by atoms with Gasteiger partial charge in [-0.25, -0.2) is 0 Å². The Hall–Kier alpha value is -1.31. The summed E-state index contributed by atoms with van der Waals surface area (Å²) in [5.74, 6) is -0.738. The SMILES string of the molecule is CC[C@](C)(CC(=O)O)c1ccccc1. The largest absolute Gasteiger partial charge is 0.481 e. The van der Waals surface area contributed by atoms with Gasteiger partial charge in [0, 0.05) is 5.41 Å². The van der Waals surface area contributed by atoms with Crippen LogP contribution in [0, 0.1) is 0 Å². The van der Waals surface area contributed by atoms with Crippen molar-refractivity contribution in [2.75, 3.05) is 0 Å². The van der Waals surface area contributed by atoms with Crippen LogP contribution in [0.4, 0.5) is 0 Å². The molecular formula is C12H16O2. The first-order valence-corrected chi connectivity index (χ1v) is 4.86. The molecule has 0 aliphatic carbocycles. The monoisotopic (exact) mass is 192 g/mol. The molecule has 0 aliphatic heterocycles. The molecule has 0 unspecified atom stereocenters. The quantitative estimate of drug-likeness (QED) is 0.796. The Morgan fingerprint density at radius 1 is 1.36 bits per heavy atom. The fraction of sp³-hybridized carbons (Fsp3) is 0.417. The van der Waals surface area contributed by atoms with E-state index in [1.807, 2.05) is 44.2 Å². The molecule has 0 aliphatic rings. The minimum atomic E-state index is -0.738. The second-order valence-corrected chi connectivity index (χ2v) is 3.85. The minimum absolute atomic E-state index is 0.188. The summed E-state index contributed by atoms with van der Waals surface area (Å²) < 4.78 is 0. The van der Waals surface area contributed by atoms with Crippen molar-refractivity contribution < 1.29 is 9.90 Å². The van der Waals surface area contributed by atoms with Crippen LogP contribution < -0.4 is 0 Å². The first-order chi connectivity index (χ1) is 6.58. The minimum Gasteiger partial charge on any atom is -0.481 e. The lowest BCUT2D eigenvalue weighted by atomic mass is 9.77. The fourth-order valence-corrected chi connectivity index (χ4v) is 1.61. The number of hydrogen-bond donors (Lipinski definition) is 1. The highest BCUT2D eigenvalue weighted by atomic mass is 16.4. The molecule has 1 aromatic rings. The molecule has 0 aromatic heterocycles. The summed E-state index contributed by atoms with van der Waals surface area (Å²) in [6, 6.07) is 9.83. The summed E-state index contributed by atoms with van der Waals surface area (Å²) in [5.41, 5.74) is 0.859. The van der Waals surface area contributed by atoms with Crippen LogP contribution in [0.2, 0.25) is 0 Å². The molecule has 0 fully saturated rings. The van der Waals surface area contributed by atoms with E-state index in [-0.39, 0.29) is 11.8 Å². The molecule has 0 amide bonds. The van der Waals surface area contributed by atoms with Crippen molar-refractivity contribution in [2.24, 2.45) is 0 Å². The van der Waals surface area contributed by atoms with Gasteiger partial charge in [0.25, 0.3) is 0 Å². The molecule has 1 N–H and O–H groups in total. The summed E-state index contributed by atoms with van der Waals surface area (Å²) >= 11 is 0. The molecule has 0 saturated heterocycles. The molecule has 0 heterocycles. The van der Waals surface area contributed by atoms with Gasteiger partial charge < -0.3 is 5.11 Å². The number of carboxylic acids is 1. The molecule has 1 atom stereocenters. The van der Waals surface area contributed by atoms with Crippen molar-refractivity contribution in [1.82, 2.24) is 0 Å². The highest BCUT2D eigenvalue weighted by Gasteiger charge is 2.27. The van der Waals surface area contributed by atoms with E-state index in [2.05, 4.69) is 0 Å². The smallest absolute Gasteiger partial charge is 0.304 e. The van der Waals surface area contributed by atoms with Gasteiger partial charge in [-0.2, -0.15) is 0 Å². The molecule has 0 bridgehead atoms. The first-order valence-electron chi connectivity index (χ1n) is 4.86. The average molecular weight is 192 g/mol. The zero-order valence-electron chi connectivity index (χ0n) is 8.66. The molecule has 2 nitrogen and oxygen atoms in total. The molecule has 1 rings (SSSR count). The number of carboxylic acid groups (broad SMARTS) is 1. The molecular weight excluding hydrogens is 176 g/mol. The maximum atomic E-state index is 10.7. The van der Waals surface area contributed by atoms with Gasteiger partial charge in [-0.15, -0.1) is 0 Å². The summed E-state index contributed by atoms with van der Waals surface area (Å²) in [6.45, 7) is 4.02. The van der Waals surface area contributed by atoms with Crippen LogP contribution in [-0.4, -0.2) is 11.1 Å². The van der Waals surface area contributed by atoms with Gasteiger partial charge in [0.1, 0.15) is 0 Å². The Balaban J connectivity index is 2.95. The van der Waals surface area contributed by atoms with Crippen molar-refractivity contribution in [3.05, 3.63) is 35.9 Å². The molecule has 2 heteroatoms. The molecule has 0 radical (unpaired) electrons. The van der Waals surface area contributed by atoms with Crippen LogP contribution >= 0.6 is 0 Å². The van der Waals surface area contributed by atoms with Crippen molar-refractivity contribution in [3.63, 3.8) is 0 Å². The van der Waals surface area contributed by atoms with Gasteiger partial charge in [0.2, 0.25) is 0 Å². The zero-order valence-corrected chi connectivity index (χ0v) is 8.66. The van der Waals surface area contributed by atoms with Gasteiger partial charge >= 0.3 is 5.97 Å². The predicted molar refractivity (Wildman–Crippen MR) is 56.3 cm³/mol. The standard InChI is InChI=1S/C12H16O2/c1-3-12(2,9-11(13)14)10-7-5-4-6-8-10/h4-8H,3,9H2,1-2H3,(H,13,14)/t12-/m1/s1. The van der Waals surface area contributed by atoms with Crippen molar-refractivity contribution in [2.45, 2.75) is 32.1 Å². The highest BCUT2D eigenvalue weighted by molar-refractivity contribution is 5.69. The van der Waals surface area contributed by atoms with E-state index in [9.17, 15) is 4.79 Å². The van der Waals surface area contributed by atoms with E-state index in [0.29, 0.717) is 0 Å². The van der Waals surface area contributed by atoms with Crippen LogP contribution in [-0.2, 0) is 10.2 Å². The fourth-order valence-electron chi connectivity index (χ4n) is 1.61. The Labute approximate surface area is 84.6 Å². The molecule has 1 aromatic carbocycles. The Bertz CT molecular complexity index is 305. The Morgan fingerprint density at radius 3 is 2.36 bits per heavy atom. The van der Waals surface area contributed by atoms with Crippen molar-refractivity contribution in [1.29, 1.82) is 0 Å². The van der Waals surface area contributed by atoms with Crippen LogP contribution in [0.1, 0.15) is 32.3 Å². The van der Waals surface area contributed by atoms with Crippen molar-refractivity contribution >= 4 is 5.97 Å². The lowest BCUT2D eigenvalue weighted by molar-refractivity contribution is -0.138. The Morgan fingerprint density at radius 2 is 1.93 bits per heavy atom. The third-order valence-electron chi connectivity index (χ3n) is 2.79. The number of benzene rings is 1. The molecule has 0 saturated carbocycles. The third kappa shape index (κ3) is 2.34. The lowest BCUT2D eigenvalue weighted by Gasteiger charge is -2.26. The third-order valence-corrected chi connectivity index (χ3v) is 2.79. The van der Waals surface area contributed by atoms with Gasteiger partial charge in [-0.3, -0.25) is 4.79 Å². The zero-order chi connectivity index (χ0) is 10.6. The van der Waals surface area contributed by atoms with Crippen LogP contribution in [0.3, 0.4) is 0 Å². The number of aliphatic carboxylic acids is 1. The normalized spacial score (nSPS) is 14.7. The second kappa shape index (κ2) is 4.27. The van der Waals surface area contributed by atoms with Gasteiger partial charge in [-0.05, 0) is 12.0 Å². The maximum Gasteiger partial charge on any atom is 0.304 e. The lowest BCUT2D eigenvalue weighted by Crippen LogP contribution is -2.24. The van der Waals surface area contributed by atoms with E-state index in [1.165, 1.54) is 0 Å². The van der Waals surface area contributed by atoms with E-state index in [1.54, 1.807) is 0 Å². The average Bonchev–Trinajstić information content (AvgIpc) is 2.18. The highest BCUT2D eigenvalue weighted by Crippen LogP contribution is 2.30. The van der Waals surface area contributed by atoms with E-state index in [4.69, 9.17) is 5.11 Å². The summed E-state index contributed by atoms with van der Waals surface area (Å²) in [6.07, 6.45) is 1.02. The van der Waals surface area contributed by atoms with E-state index in [0.717, 1.165) is 12.0 Å². The summed E-state index contributed by atoms with van der Waals surface area (Å²) in [7, 11) is 0. The van der Waals surface area contributed by atoms with Gasteiger partial charge in [0.05, 0.1) is 6.42 Å². The number of hydrogen-bond acceptors (Lipinski definition) is 1.